The van der Waals surface area contributed by atoms with Crippen molar-refractivity contribution in [1.82, 2.24) is 14.5 Å². The van der Waals surface area contributed by atoms with Crippen molar-refractivity contribution in [3.05, 3.63) is 69.6 Å². The highest BCUT2D eigenvalue weighted by Gasteiger charge is 2.29. The summed E-state index contributed by atoms with van der Waals surface area (Å²) in [5.41, 5.74) is 3.56. The summed E-state index contributed by atoms with van der Waals surface area (Å²) < 4.78 is 18.2. The first-order chi connectivity index (χ1) is 16.5. The van der Waals surface area contributed by atoms with Crippen LogP contribution in [0.1, 0.15) is 23.7 Å². The van der Waals surface area contributed by atoms with Gasteiger partial charge in [-0.05, 0) is 49.6 Å². The van der Waals surface area contributed by atoms with Gasteiger partial charge in [0.1, 0.15) is 5.75 Å². The first kappa shape index (κ1) is 23.6. The summed E-state index contributed by atoms with van der Waals surface area (Å²) in [6.07, 6.45) is 1.45. The molecule has 8 heteroatoms. The molecule has 1 aliphatic rings. The predicted molar refractivity (Wildman–Crippen MR) is 133 cm³/mol. The van der Waals surface area contributed by atoms with Gasteiger partial charge < -0.3 is 14.2 Å². The minimum Gasteiger partial charge on any atom is -0.495 e. The van der Waals surface area contributed by atoms with Crippen molar-refractivity contribution in [2.45, 2.75) is 33.4 Å². The van der Waals surface area contributed by atoms with Gasteiger partial charge >= 0.3 is 0 Å². The fourth-order valence-corrected chi connectivity index (χ4v) is 4.44. The van der Waals surface area contributed by atoms with Gasteiger partial charge in [-0.15, -0.1) is 0 Å². The molecule has 0 atom stereocenters. The van der Waals surface area contributed by atoms with Gasteiger partial charge in [0, 0.05) is 17.8 Å². The molecule has 3 aromatic rings. The van der Waals surface area contributed by atoms with Gasteiger partial charge in [0.15, 0.2) is 11.5 Å². The van der Waals surface area contributed by atoms with Crippen LogP contribution in [-0.4, -0.2) is 49.0 Å². The number of fused-ring (bicyclic) bond motifs is 1. The number of aromatic nitrogens is 2. The quantitative estimate of drug-likeness (QED) is 0.503. The molecule has 2 heterocycles. The zero-order valence-corrected chi connectivity index (χ0v) is 20.5. The molecule has 0 amide bonds. The van der Waals surface area contributed by atoms with Gasteiger partial charge in [0.05, 0.1) is 40.4 Å². The van der Waals surface area contributed by atoms with Crippen LogP contribution in [-0.2, 0) is 19.5 Å². The van der Waals surface area contributed by atoms with Crippen molar-refractivity contribution in [3.63, 3.8) is 0 Å². The molecule has 1 aromatic heterocycles. The Morgan fingerprint density at radius 2 is 1.68 bits per heavy atom. The Balaban J connectivity index is 1.68. The van der Waals surface area contributed by atoms with Crippen LogP contribution >= 0.6 is 0 Å². The molecule has 0 unspecified atom stereocenters. The standard InChI is InChI=1S/C26H32N4O4/c1-6-20-18(2)27-26-29(21-9-7-8-10-22(21)32-3)16-28(17-30(26)25(20)31)14-13-19-11-12-23(33-4)24(15-19)34-5/h7-12,15H,6,13-14,16-17H2,1-5H3. The van der Waals surface area contributed by atoms with Gasteiger partial charge in [-0.1, -0.05) is 25.1 Å². The highest BCUT2D eigenvalue weighted by molar-refractivity contribution is 5.66. The second-order valence-electron chi connectivity index (χ2n) is 8.28. The zero-order valence-electron chi connectivity index (χ0n) is 20.5. The number of benzene rings is 2. The number of anilines is 2. The van der Waals surface area contributed by atoms with Crippen LogP contribution in [0.5, 0.6) is 17.2 Å². The van der Waals surface area contributed by atoms with E-state index >= 15 is 0 Å². The van der Waals surface area contributed by atoms with Gasteiger partial charge in [0.2, 0.25) is 5.95 Å². The molecular weight excluding hydrogens is 432 g/mol. The minimum atomic E-state index is 0.0146. The summed E-state index contributed by atoms with van der Waals surface area (Å²) in [4.78, 5) is 22.5. The number of hydrogen-bond donors (Lipinski definition) is 0. The molecule has 8 nitrogen and oxygen atoms in total. The average Bonchev–Trinajstić information content (AvgIpc) is 2.87. The van der Waals surface area contributed by atoms with E-state index in [1.807, 2.05) is 56.3 Å². The molecule has 2 aromatic carbocycles. The fraction of sp³-hybridized carbons (Fsp3) is 0.385. The van der Waals surface area contributed by atoms with Crippen molar-refractivity contribution < 1.29 is 14.2 Å². The molecule has 0 bridgehead atoms. The van der Waals surface area contributed by atoms with E-state index in [0.717, 1.165) is 41.2 Å². The lowest BCUT2D eigenvalue weighted by molar-refractivity contribution is 0.200. The van der Waals surface area contributed by atoms with E-state index in [0.29, 0.717) is 37.2 Å². The summed E-state index contributed by atoms with van der Waals surface area (Å²) >= 11 is 0. The first-order valence-electron chi connectivity index (χ1n) is 11.4. The van der Waals surface area contributed by atoms with Gasteiger partial charge in [-0.2, -0.15) is 0 Å². The Labute approximate surface area is 200 Å². The van der Waals surface area contributed by atoms with Crippen LogP contribution in [0.2, 0.25) is 0 Å². The predicted octanol–water partition coefficient (Wildman–Crippen LogP) is 3.75. The van der Waals surface area contributed by atoms with E-state index in [4.69, 9.17) is 19.2 Å². The minimum absolute atomic E-state index is 0.0146. The molecule has 4 rings (SSSR count). The first-order valence-corrected chi connectivity index (χ1v) is 11.4. The van der Waals surface area contributed by atoms with Crippen LogP contribution in [0.3, 0.4) is 0 Å². The number of ether oxygens (including phenoxy) is 3. The maximum absolute atomic E-state index is 13.4. The molecule has 1 aliphatic heterocycles. The number of para-hydroxylation sites is 2. The molecule has 0 N–H and O–H groups in total. The Kier molecular flexibility index (Phi) is 7.07. The third-order valence-electron chi connectivity index (χ3n) is 6.27. The third kappa shape index (κ3) is 4.46. The van der Waals surface area contributed by atoms with Gasteiger partial charge in [-0.25, -0.2) is 4.98 Å². The summed E-state index contributed by atoms with van der Waals surface area (Å²) in [5, 5.41) is 0. The van der Waals surface area contributed by atoms with Crippen molar-refractivity contribution in [2.75, 3.05) is 39.4 Å². The summed E-state index contributed by atoms with van der Waals surface area (Å²) in [7, 11) is 4.93. The van der Waals surface area contributed by atoms with Crippen LogP contribution < -0.4 is 24.7 Å². The SMILES string of the molecule is CCc1c(C)nc2n(c1=O)CN(CCc1ccc(OC)c(OC)c1)CN2c1ccccc1OC. The number of rotatable bonds is 8. The number of aryl methyl sites for hydroxylation is 1. The molecule has 0 aliphatic carbocycles. The zero-order chi connectivity index (χ0) is 24.2. The monoisotopic (exact) mass is 464 g/mol. The summed E-state index contributed by atoms with van der Waals surface area (Å²) in [6.45, 7) is 5.72. The molecule has 0 fully saturated rings. The Morgan fingerprint density at radius 3 is 2.38 bits per heavy atom. The van der Waals surface area contributed by atoms with E-state index in [2.05, 4.69) is 9.80 Å². The van der Waals surface area contributed by atoms with Gasteiger partial charge in [-0.3, -0.25) is 19.2 Å². The molecule has 0 saturated heterocycles. The summed E-state index contributed by atoms with van der Waals surface area (Å²) in [5.74, 6) is 2.80. The second-order valence-corrected chi connectivity index (χ2v) is 8.28. The van der Waals surface area contributed by atoms with Crippen LogP contribution in [0, 0.1) is 6.92 Å². The second kappa shape index (κ2) is 10.2. The van der Waals surface area contributed by atoms with Crippen molar-refractivity contribution in [2.24, 2.45) is 0 Å². The lowest BCUT2D eigenvalue weighted by atomic mass is 10.1. The Hall–Kier alpha value is -3.52. The maximum Gasteiger partial charge on any atom is 0.259 e. The van der Waals surface area contributed by atoms with Crippen LogP contribution in [0.25, 0.3) is 0 Å². The van der Waals surface area contributed by atoms with E-state index in [1.165, 1.54) is 0 Å². The molecule has 0 spiro atoms. The molecule has 34 heavy (non-hydrogen) atoms. The van der Waals surface area contributed by atoms with E-state index in [-0.39, 0.29) is 5.56 Å². The van der Waals surface area contributed by atoms with Crippen molar-refractivity contribution in [3.8, 4) is 17.2 Å². The van der Waals surface area contributed by atoms with Crippen molar-refractivity contribution >= 4 is 11.6 Å². The molecule has 0 radical (unpaired) electrons. The topological polar surface area (TPSA) is 69.1 Å². The van der Waals surface area contributed by atoms with Crippen molar-refractivity contribution in [1.29, 1.82) is 0 Å². The van der Waals surface area contributed by atoms with E-state index in [1.54, 1.807) is 25.9 Å². The number of methoxy groups -OCH3 is 3. The normalized spacial score (nSPS) is 13.5. The lowest BCUT2D eigenvalue weighted by Crippen LogP contribution is -2.48. The average molecular weight is 465 g/mol. The molecular formula is C26H32N4O4. The lowest BCUT2D eigenvalue weighted by Gasteiger charge is -2.38. The molecule has 180 valence electrons. The number of hydrogen-bond acceptors (Lipinski definition) is 7. The molecule has 0 saturated carbocycles. The van der Waals surface area contributed by atoms with E-state index < -0.39 is 0 Å². The smallest absolute Gasteiger partial charge is 0.259 e. The Morgan fingerprint density at radius 1 is 0.941 bits per heavy atom. The Bertz CT molecular complexity index is 1220. The highest BCUT2D eigenvalue weighted by Crippen LogP contribution is 2.35. The number of nitrogens with zero attached hydrogens (tertiary/aromatic N) is 4. The highest BCUT2D eigenvalue weighted by atomic mass is 16.5. The van der Waals surface area contributed by atoms with Crippen LogP contribution in [0.4, 0.5) is 11.6 Å². The third-order valence-corrected chi connectivity index (χ3v) is 6.27. The fourth-order valence-electron chi connectivity index (χ4n) is 4.44. The van der Waals surface area contributed by atoms with Crippen LogP contribution in [0.15, 0.2) is 47.3 Å². The summed E-state index contributed by atoms with van der Waals surface area (Å²) in [6, 6.07) is 13.8. The van der Waals surface area contributed by atoms with Gasteiger partial charge in [0.25, 0.3) is 5.56 Å². The largest absolute Gasteiger partial charge is 0.495 e. The van der Waals surface area contributed by atoms with E-state index in [9.17, 15) is 4.79 Å². The maximum atomic E-state index is 13.4.